The molecule has 2 rings (SSSR count). The Bertz CT molecular complexity index is 636. The summed E-state index contributed by atoms with van der Waals surface area (Å²) in [5.41, 5.74) is 0.913. The zero-order chi connectivity index (χ0) is 14.9. The van der Waals surface area contributed by atoms with Gasteiger partial charge in [0.2, 0.25) is 10.0 Å². The molecule has 2 N–H and O–H groups in total. The van der Waals surface area contributed by atoms with Crippen molar-refractivity contribution in [2.24, 2.45) is 0 Å². The molecule has 7 nitrogen and oxygen atoms in total. The number of non-ortho nitro benzene ring substituents is 1. The maximum atomic E-state index is 12.4. The minimum absolute atomic E-state index is 0.0175. The van der Waals surface area contributed by atoms with Gasteiger partial charge in [-0.05, 0) is 37.9 Å². The second-order valence-electron chi connectivity index (χ2n) is 4.95. The molecular formula is C12H17N3O4S. The summed E-state index contributed by atoms with van der Waals surface area (Å²) < 4.78 is 27.3. The number of aryl methyl sites for hydroxylation is 1. The third-order valence-electron chi connectivity index (χ3n) is 3.49. The molecule has 0 bridgehead atoms. The second-order valence-corrected chi connectivity index (χ2v) is 6.64. The van der Waals surface area contributed by atoms with Crippen molar-refractivity contribution in [3.05, 3.63) is 33.4 Å². The van der Waals surface area contributed by atoms with Gasteiger partial charge in [-0.25, -0.2) is 13.1 Å². The molecule has 1 aliphatic rings. The van der Waals surface area contributed by atoms with Crippen LogP contribution in [0.4, 0.5) is 5.69 Å². The summed E-state index contributed by atoms with van der Waals surface area (Å²) in [6, 6.07) is 2.33. The first-order chi connectivity index (χ1) is 9.31. The highest BCUT2D eigenvalue weighted by Gasteiger charge is 2.26. The molecule has 0 aliphatic carbocycles. The van der Waals surface area contributed by atoms with Crippen molar-refractivity contribution in [1.29, 1.82) is 0 Å². The number of nitro groups is 1. The molecule has 0 unspecified atom stereocenters. The van der Waals surface area contributed by atoms with Gasteiger partial charge in [-0.15, -0.1) is 0 Å². The van der Waals surface area contributed by atoms with E-state index < -0.39 is 14.9 Å². The predicted octanol–water partition coefficient (Wildman–Crippen LogP) is 0.852. The lowest BCUT2D eigenvalue weighted by Crippen LogP contribution is -2.36. The molecule has 1 saturated heterocycles. The Hall–Kier alpha value is -1.51. The lowest BCUT2D eigenvalue weighted by atomic mass is 10.1. The van der Waals surface area contributed by atoms with E-state index in [4.69, 9.17) is 0 Å². The van der Waals surface area contributed by atoms with Gasteiger partial charge in [0.05, 0.1) is 9.82 Å². The van der Waals surface area contributed by atoms with Crippen molar-refractivity contribution in [2.45, 2.75) is 31.2 Å². The topological polar surface area (TPSA) is 101 Å². The summed E-state index contributed by atoms with van der Waals surface area (Å²) in [7, 11) is -3.75. The molecule has 0 amide bonds. The molecule has 110 valence electrons. The zero-order valence-corrected chi connectivity index (χ0v) is 12.2. The predicted molar refractivity (Wildman–Crippen MR) is 74.2 cm³/mol. The van der Waals surface area contributed by atoms with E-state index in [0.717, 1.165) is 12.6 Å². The van der Waals surface area contributed by atoms with Crippen LogP contribution in [0.15, 0.2) is 17.0 Å². The van der Waals surface area contributed by atoms with Crippen LogP contribution in [-0.4, -0.2) is 32.5 Å². The molecule has 1 aliphatic heterocycles. The smallest absolute Gasteiger partial charge is 0.271 e. The normalized spacial score (nSPS) is 19.2. The molecule has 1 aromatic rings. The Morgan fingerprint density at radius 3 is 2.65 bits per heavy atom. The lowest BCUT2D eigenvalue weighted by Gasteiger charge is -2.14. The minimum Gasteiger partial charge on any atom is -0.315 e. The van der Waals surface area contributed by atoms with Gasteiger partial charge in [0.15, 0.2) is 0 Å². The zero-order valence-electron chi connectivity index (χ0n) is 11.3. The Morgan fingerprint density at radius 2 is 2.10 bits per heavy atom. The Kier molecular flexibility index (Phi) is 4.07. The number of nitrogens with one attached hydrogen (secondary N) is 2. The Balaban J connectivity index is 2.41. The van der Waals surface area contributed by atoms with E-state index in [1.165, 1.54) is 6.07 Å². The van der Waals surface area contributed by atoms with Gasteiger partial charge in [-0.3, -0.25) is 10.1 Å². The lowest BCUT2D eigenvalue weighted by molar-refractivity contribution is -0.385. The second kappa shape index (κ2) is 5.47. The van der Waals surface area contributed by atoms with Gasteiger partial charge in [0.25, 0.3) is 5.69 Å². The highest BCUT2D eigenvalue weighted by Crippen LogP contribution is 2.25. The van der Waals surface area contributed by atoms with E-state index in [9.17, 15) is 18.5 Å². The maximum Gasteiger partial charge on any atom is 0.271 e. The van der Waals surface area contributed by atoms with E-state index in [2.05, 4.69) is 10.0 Å². The number of sulfonamides is 1. The van der Waals surface area contributed by atoms with Gasteiger partial charge in [0, 0.05) is 24.7 Å². The van der Waals surface area contributed by atoms with Crippen LogP contribution in [0.5, 0.6) is 0 Å². The quantitative estimate of drug-likeness (QED) is 0.634. The summed E-state index contributed by atoms with van der Waals surface area (Å²) in [4.78, 5) is 10.3. The van der Waals surface area contributed by atoms with Crippen molar-refractivity contribution < 1.29 is 13.3 Å². The van der Waals surface area contributed by atoms with Gasteiger partial charge in [0.1, 0.15) is 0 Å². The highest BCUT2D eigenvalue weighted by molar-refractivity contribution is 7.89. The maximum absolute atomic E-state index is 12.4. The molecule has 0 saturated carbocycles. The fourth-order valence-electron chi connectivity index (χ4n) is 2.23. The number of nitrogens with zero attached hydrogens (tertiary/aromatic N) is 1. The highest BCUT2D eigenvalue weighted by atomic mass is 32.2. The van der Waals surface area contributed by atoms with Gasteiger partial charge in [-0.1, -0.05) is 0 Å². The fraction of sp³-hybridized carbons (Fsp3) is 0.500. The largest absolute Gasteiger partial charge is 0.315 e. The van der Waals surface area contributed by atoms with E-state index in [0.29, 0.717) is 24.1 Å². The van der Waals surface area contributed by atoms with Crippen LogP contribution >= 0.6 is 0 Å². The van der Waals surface area contributed by atoms with Crippen molar-refractivity contribution in [1.82, 2.24) is 10.0 Å². The summed E-state index contributed by atoms with van der Waals surface area (Å²) in [6.45, 7) is 4.66. The Morgan fingerprint density at radius 1 is 1.40 bits per heavy atom. The molecule has 0 aromatic heterocycles. The molecule has 1 atom stereocenters. The van der Waals surface area contributed by atoms with Crippen LogP contribution in [0.25, 0.3) is 0 Å². The molecular weight excluding hydrogens is 282 g/mol. The summed E-state index contributed by atoms with van der Waals surface area (Å²) in [5, 5.41) is 13.9. The van der Waals surface area contributed by atoms with Gasteiger partial charge in [-0.2, -0.15) is 0 Å². The van der Waals surface area contributed by atoms with E-state index >= 15 is 0 Å². The third-order valence-corrected chi connectivity index (χ3v) is 5.13. The van der Waals surface area contributed by atoms with Crippen molar-refractivity contribution in [2.75, 3.05) is 13.1 Å². The monoisotopic (exact) mass is 299 g/mol. The fourth-order valence-corrected chi connectivity index (χ4v) is 3.84. The average Bonchev–Trinajstić information content (AvgIpc) is 2.83. The van der Waals surface area contributed by atoms with Crippen molar-refractivity contribution >= 4 is 15.7 Å². The molecule has 1 heterocycles. The first kappa shape index (κ1) is 14.9. The third kappa shape index (κ3) is 2.97. The number of hydrogen-bond donors (Lipinski definition) is 2. The van der Waals surface area contributed by atoms with Crippen LogP contribution in [0.3, 0.4) is 0 Å². The minimum atomic E-state index is -3.75. The molecule has 8 heteroatoms. The SMILES string of the molecule is Cc1cc([N+](=O)[O-])cc(S(=O)(=O)N[C@H]2CCNC2)c1C. The van der Waals surface area contributed by atoms with E-state index in [1.54, 1.807) is 13.8 Å². The van der Waals surface area contributed by atoms with Gasteiger partial charge < -0.3 is 5.32 Å². The number of hydrogen-bond acceptors (Lipinski definition) is 5. The molecule has 1 fully saturated rings. The van der Waals surface area contributed by atoms with Crippen molar-refractivity contribution in [3.8, 4) is 0 Å². The summed E-state index contributed by atoms with van der Waals surface area (Å²) in [5.74, 6) is 0. The van der Waals surface area contributed by atoms with Crippen LogP contribution < -0.4 is 10.0 Å². The van der Waals surface area contributed by atoms with Crippen LogP contribution in [-0.2, 0) is 10.0 Å². The molecule has 1 aromatic carbocycles. The van der Waals surface area contributed by atoms with Crippen LogP contribution in [0.1, 0.15) is 17.5 Å². The van der Waals surface area contributed by atoms with E-state index in [-0.39, 0.29) is 16.6 Å². The van der Waals surface area contributed by atoms with Gasteiger partial charge >= 0.3 is 0 Å². The first-order valence-electron chi connectivity index (χ1n) is 6.30. The van der Waals surface area contributed by atoms with E-state index in [1.807, 2.05) is 0 Å². The Labute approximate surface area is 117 Å². The van der Waals surface area contributed by atoms with Crippen LogP contribution in [0.2, 0.25) is 0 Å². The number of rotatable bonds is 4. The molecule has 0 spiro atoms. The summed E-state index contributed by atoms with van der Waals surface area (Å²) in [6.07, 6.45) is 0.714. The van der Waals surface area contributed by atoms with Crippen molar-refractivity contribution in [3.63, 3.8) is 0 Å². The van der Waals surface area contributed by atoms with Crippen LogP contribution in [0, 0.1) is 24.0 Å². The average molecular weight is 299 g/mol. The standard InChI is InChI=1S/C12H17N3O4S/c1-8-5-11(15(16)17)6-12(9(8)2)20(18,19)14-10-3-4-13-7-10/h5-6,10,13-14H,3-4,7H2,1-2H3/t10-/m0/s1. The molecule has 20 heavy (non-hydrogen) atoms. The number of benzene rings is 1. The summed E-state index contributed by atoms with van der Waals surface area (Å²) >= 11 is 0. The first-order valence-corrected chi connectivity index (χ1v) is 7.78. The molecule has 0 radical (unpaired) electrons. The number of nitro benzene ring substituents is 1.